The fourth-order valence-corrected chi connectivity index (χ4v) is 3.04. The average molecular weight is 271 g/mol. The van der Waals surface area contributed by atoms with Gasteiger partial charge in [-0.2, -0.15) is 0 Å². The highest BCUT2D eigenvalue weighted by Crippen LogP contribution is 2.47. The van der Waals surface area contributed by atoms with Gasteiger partial charge in [-0.05, 0) is 11.8 Å². The van der Waals surface area contributed by atoms with Gasteiger partial charge in [-0.15, -0.1) is 0 Å². The molecule has 0 fully saturated rings. The fourth-order valence-electron chi connectivity index (χ4n) is 1.91. The van der Waals surface area contributed by atoms with Crippen LogP contribution in [0, 0.1) is 0 Å². The van der Waals surface area contributed by atoms with E-state index in [-0.39, 0.29) is 0 Å². The quantitative estimate of drug-likeness (QED) is 0.536. The van der Waals surface area contributed by atoms with Crippen molar-refractivity contribution < 1.29 is 0 Å². The summed E-state index contributed by atoms with van der Waals surface area (Å²) < 4.78 is 0.876. The van der Waals surface area contributed by atoms with E-state index in [1.165, 1.54) is 11.8 Å². The molecule has 1 atom stereocenters. The molecule has 6 nitrogen and oxygen atoms in total. The number of anilines is 2. The van der Waals surface area contributed by atoms with Crippen LogP contribution in [0.1, 0.15) is 0 Å². The first kappa shape index (κ1) is 10.9. The van der Waals surface area contributed by atoms with Crippen molar-refractivity contribution in [3.8, 4) is 0 Å². The van der Waals surface area contributed by atoms with E-state index in [4.69, 9.17) is 17.3 Å². The molecule has 2 aromatic rings. The predicted octanol–water partition coefficient (Wildman–Crippen LogP) is 1.34. The number of aryl methyl sites for hydroxylation is 1. The van der Waals surface area contributed by atoms with Gasteiger partial charge in [-0.3, -0.25) is 5.73 Å². The maximum absolute atomic E-state index is 6.09. The van der Waals surface area contributed by atoms with Crippen LogP contribution in [-0.2, 0) is 7.05 Å². The number of aromatic nitrogens is 3. The maximum atomic E-state index is 6.09. The molecule has 1 aliphatic rings. The Morgan fingerprint density at radius 2 is 2.41 bits per heavy atom. The number of nitrogens with one attached hydrogen (secondary N) is 2. The van der Waals surface area contributed by atoms with Crippen LogP contribution in [0.15, 0.2) is 11.4 Å². The maximum Gasteiger partial charge on any atom is 0.219 e. The molecule has 0 amide bonds. The number of alkyl halides is 1. The van der Waals surface area contributed by atoms with Gasteiger partial charge in [0.1, 0.15) is 10.5 Å². The minimum absolute atomic E-state index is 0.725. The minimum Gasteiger partial charge on any atom is -0.371 e. The average Bonchev–Trinajstić information content (AvgIpc) is 2.76. The van der Waals surface area contributed by atoms with E-state index in [0.717, 1.165) is 27.6 Å². The summed E-state index contributed by atoms with van der Waals surface area (Å²) in [6, 6.07) is 0. The van der Waals surface area contributed by atoms with Crippen molar-refractivity contribution in [2.24, 2.45) is 12.8 Å². The van der Waals surface area contributed by atoms with Gasteiger partial charge in [0.2, 0.25) is 4.45 Å². The molecule has 0 saturated heterocycles. The summed E-state index contributed by atoms with van der Waals surface area (Å²) in [5, 5.41) is 6.86. The largest absolute Gasteiger partial charge is 0.371 e. The van der Waals surface area contributed by atoms with Gasteiger partial charge in [0.05, 0.1) is 17.5 Å². The third kappa shape index (κ3) is 1.54. The molecule has 4 N–H and O–H groups in total. The Labute approximate surface area is 107 Å². The number of hydrogen-bond donors (Lipinski definition) is 3. The fraction of sp³-hybridized carbons (Fsp3) is 0.333. The Bertz CT molecular complexity index is 607. The summed E-state index contributed by atoms with van der Waals surface area (Å²) >= 11 is 7.38. The second-order valence-corrected chi connectivity index (χ2v) is 5.87. The normalized spacial score (nSPS) is 22.6. The molecule has 0 radical (unpaired) electrons. The summed E-state index contributed by atoms with van der Waals surface area (Å²) in [5.74, 6) is 0.725. The van der Waals surface area contributed by atoms with Crippen molar-refractivity contribution in [1.29, 1.82) is 0 Å². The smallest absolute Gasteiger partial charge is 0.219 e. The van der Waals surface area contributed by atoms with Crippen LogP contribution >= 0.6 is 23.4 Å². The van der Waals surface area contributed by atoms with Crippen molar-refractivity contribution >= 4 is 45.9 Å². The minimum atomic E-state index is -1.04. The van der Waals surface area contributed by atoms with Gasteiger partial charge < -0.3 is 15.2 Å². The van der Waals surface area contributed by atoms with Gasteiger partial charge in [0.15, 0.2) is 5.82 Å². The standard InChI is InChI=1S/C9H11ClN6S/c1-12-7-4-6(16(2)3-13-4)5-8(14-7)17-9(10,11)15-5/h3,15H,11H2,1-2H3,(H,12,14). The Morgan fingerprint density at radius 1 is 1.65 bits per heavy atom. The number of pyridine rings is 1. The van der Waals surface area contributed by atoms with E-state index in [1.807, 2.05) is 18.7 Å². The summed E-state index contributed by atoms with van der Waals surface area (Å²) in [4.78, 5) is 8.78. The zero-order valence-electron chi connectivity index (χ0n) is 9.28. The molecule has 0 saturated carbocycles. The molecule has 0 aliphatic carbocycles. The van der Waals surface area contributed by atoms with E-state index in [0.29, 0.717) is 0 Å². The van der Waals surface area contributed by atoms with E-state index in [1.54, 1.807) is 6.33 Å². The number of imidazole rings is 1. The molecule has 2 aromatic heterocycles. The van der Waals surface area contributed by atoms with Crippen molar-refractivity contribution in [2.45, 2.75) is 9.48 Å². The van der Waals surface area contributed by atoms with Crippen LogP contribution in [0.4, 0.5) is 11.5 Å². The SMILES string of the molecule is CNc1nc2c(c3c1ncn3C)NC(N)(Cl)S2. The molecule has 3 heterocycles. The monoisotopic (exact) mass is 270 g/mol. The second-order valence-electron chi connectivity index (χ2n) is 3.82. The van der Waals surface area contributed by atoms with Crippen molar-refractivity contribution in [2.75, 3.05) is 17.7 Å². The van der Waals surface area contributed by atoms with Crippen LogP contribution in [0.5, 0.6) is 0 Å². The van der Waals surface area contributed by atoms with Crippen LogP contribution in [-0.4, -0.2) is 26.0 Å². The second kappa shape index (κ2) is 3.41. The zero-order valence-corrected chi connectivity index (χ0v) is 10.9. The van der Waals surface area contributed by atoms with Crippen LogP contribution in [0.25, 0.3) is 11.0 Å². The Kier molecular flexibility index (Phi) is 2.19. The molecule has 17 heavy (non-hydrogen) atoms. The number of nitrogens with two attached hydrogens (primary N) is 1. The molecule has 3 rings (SSSR count). The Hall–Kier alpha value is -1.18. The third-order valence-corrected chi connectivity index (χ3v) is 3.82. The number of fused-ring (bicyclic) bond motifs is 3. The molecule has 1 aliphatic heterocycles. The van der Waals surface area contributed by atoms with E-state index >= 15 is 0 Å². The summed E-state index contributed by atoms with van der Waals surface area (Å²) in [6.07, 6.45) is 1.74. The molecular weight excluding hydrogens is 260 g/mol. The van der Waals surface area contributed by atoms with Gasteiger partial charge in [-0.1, -0.05) is 11.6 Å². The lowest BCUT2D eigenvalue weighted by atomic mass is 10.3. The van der Waals surface area contributed by atoms with Gasteiger partial charge >= 0.3 is 0 Å². The first-order chi connectivity index (χ1) is 8.02. The molecule has 90 valence electrons. The Balaban J connectivity index is 2.35. The lowest BCUT2D eigenvalue weighted by Gasteiger charge is -2.13. The lowest BCUT2D eigenvalue weighted by Crippen LogP contribution is -2.34. The Morgan fingerprint density at radius 3 is 3.12 bits per heavy atom. The van der Waals surface area contributed by atoms with Crippen LogP contribution in [0.2, 0.25) is 0 Å². The summed E-state index contributed by atoms with van der Waals surface area (Å²) in [6.45, 7) is 0. The highest BCUT2D eigenvalue weighted by atomic mass is 35.5. The van der Waals surface area contributed by atoms with E-state index in [2.05, 4.69) is 20.6 Å². The molecule has 0 spiro atoms. The van der Waals surface area contributed by atoms with Gasteiger partial charge in [0.25, 0.3) is 0 Å². The summed E-state index contributed by atoms with van der Waals surface area (Å²) in [7, 11) is 3.73. The highest BCUT2D eigenvalue weighted by molar-refractivity contribution is 8.02. The molecular formula is C9H11ClN6S. The molecule has 8 heteroatoms. The van der Waals surface area contributed by atoms with Gasteiger partial charge in [-0.25, -0.2) is 9.97 Å². The number of thioether (sulfide) groups is 1. The van der Waals surface area contributed by atoms with Crippen molar-refractivity contribution in [3.05, 3.63) is 6.33 Å². The number of rotatable bonds is 1. The number of hydrogen-bond acceptors (Lipinski definition) is 6. The number of nitrogens with zero attached hydrogens (tertiary/aromatic N) is 3. The van der Waals surface area contributed by atoms with Crippen molar-refractivity contribution in [1.82, 2.24) is 14.5 Å². The van der Waals surface area contributed by atoms with Gasteiger partial charge in [0, 0.05) is 14.1 Å². The summed E-state index contributed by atoms with van der Waals surface area (Å²) in [5.41, 5.74) is 8.44. The lowest BCUT2D eigenvalue weighted by molar-refractivity contribution is 0.938. The zero-order chi connectivity index (χ0) is 12.2. The van der Waals surface area contributed by atoms with E-state index < -0.39 is 4.45 Å². The van der Waals surface area contributed by atoms with Crippen molar-refractivity contribution in [3.63, 3.8) is 0 Å². The number of halogens is 1. The first-order valence-electron chi connectivity index (χ1n) is 4.99. The first-order valence-corrected chi connectivity index (χ1v) is 6.19. The third-order valence-electron chi connectivity index (χ3n) is 2.60. The topological polar surface area (TPSA) is 80.8 Å². The van der Waals surface area contributed by atoms with E-state index in [9.17, 15) is 0 Å². The van der Waals surface area contributed by atoms with Crippen LogP contribution < -0.4 is 16.4 Å². The molecule has 1 unspecified atom stereocenters. The highest BCUT2D eigenvalue weighted by Gasteiger charge is 2.36. The van der Waals surface area contributed by atoms with Crippen LogP contribution in [0.3, 0.4) is 0 Å². The molecule has 0 bridgehead atoms. The molecule has 0 aromatic carbocycles. The predicted molar refractivity (Wildman–Crippen MR) is 70.3 cm³/mol.